The summed E-state index contributed by atoms with van der Waals surface area (Å²) in [6.45, 7) is 0. The van der Waals surface area contributed by atoms with E-state index in [2.05, 4.69) is 27.9 Å². The molecule has 2 N–H and O–H groups in total. The Balaban J connectivity index is 2.21. The van der Waals surface area contributed by atoms with Crippen LogP contribution in [-0.4, -0.2) is 21.7 Å². The van der Waals surface area contributed by atoms with Crippen molar-refractivity contribution in [1.82, 2.24) is 5.32 Å². The summed E-state index contributed by atoms with van der Waals surface area (Å²) in [6, 6.07) is 0.561. The molecule has 3 nitrogen and oxygen atoms in total. The number of hydrogen-bond acceptors (Lipinski definition) is 2. The van der Waals surface area contributed by atoms with Gasteiger partial charge in [0.2, 0.25) is 0 Å². The summed E-state index contributed by atoms with van der Waals surface area (Å²) in [5, 5.41) is 11.9. The summed E-state index contributed by atoms with van der Waals surface area (Å²) in [4.78, 5) is 10.4. The van der Waals surface area contributed by atoms with E-state index in [9.17, 15) is 4.79 Å². The maximum atomic E-state index is 10.4. The van der Waals surface area contributed by atoms with Gasteiger partial charge in [-0.25, -0.2) is 0 Å². The van der Waals surface area contributed by atoms with Gasteiger partial charge in [0.1, 0.15) is 0 Å². The van der Waals surface area contributed by atoms with Gasteiger partial charge in [0.15, 0.2) is 0 Å². The lowest BCUT2D eigenvalue weighted by molar-refractivity contribution is -0.138. The van der Waals surface area contributed by atoms with Crippen LogP contribution in [0.2, 0.25) is 0 Å². The molecule has 1 fully saturated rings. The van der Waals surface area contributed by atoms with Crippen molar-refractivity contribution in [2.45, 2.75) is 31.7 Å². The second-order valence-electron chi connectivity index (χ2n) is 3.31. The molecule has 70 valence electrons. The smallest absolute Gasteiger partial charge is 0.303 e. The van der Waals surface area contributed by atoms with Crippen LogP contribution in [0.4, 0.5) is 0 Å². The molecule has 0 aromatic rings. The highest BCUT2D eigenvalue weighted by molar-refractivity contribution is 14.1. The van der Waals surface area contributed by atoms with E-state index >= 15 is 0 Å². The van der Waals surface area contributed by atoms with Crippen molar-refractivity contribution in [2.75, 3.05) is 4.55 Å². The molecule has 4 heteroatoms. The Bertz CT molecular complexity index is 163. The van der Waals surface area contributed by atoms with Crippen molar-refractivity contribution in [3.05, 3.63) is 0 Å². The number of carbonyl (C=O) groups is 1. The standard InChI is InChI=1S/C8H14INO2/c9-5-10-7-2-1-6(3-7)4-8(11)12/h6-7,10H,1-5H2,(H,11,12)/t6-,7+/m1/s1. The molecule has 0 aliphatic heterocycles. The number of halogens is 1. The predicted molar refractivity (Wildman–Crippen MR) is 55.4 cm³/mol. The average molecular weight is 283 g/mol. The lowest BCUT2D eigenvalue weighted by Crippen LogP contribution is -2.24. The first-order valence-electron chi connectivity index (χ1n) is 4.23. The quantitative estimate of drug-likeness (QED) is 0.468. The Morgan fingerprint density at radius 1 is 1.58 bits per heavy atom. The number of carboxylic acid groups (broad SMARTS) is 1. The Hall–Kier alpha value is 0.160. The zero-order valence-corrected chi connectivity index (χ0v) is 9.08. The topological polar surface area (TPSA) is 49.3 Å². The highest BCUT2D eigenvalue weighted by atomic mass is 127. The monoisotopic (exact) mass is 283 g/mol. The van der Waals surface area contributed by atoms with Crippen molar-refractivity contribution in [2.24, 2.45) is 5.92 Å². The van der Waals surface area contributed by atoms with Crippen LogP contribution in [0.1, 0.15) is 25.7 Å². The van der Waals surface area contributed by atoms with E-state index in [0.29, 0.717) is 18.4 Å². The van der Waals surface area contributed by atoms with E-state index in [1.54, 1.807) is 0 Å². The van der Waals surface area contributed by atoms with E-state index < -0.39 is 5.97 Å². The molecule has 0 unspecified atom stereocenters. The normalized spacial score (nSPS) is 29.1. The molecule has 0 radical (unpaired) electrons. The molecule has 0 bridgehead atoms. The minimum absolute atomic E-state index is 0.347. The fraction of sp³-hybridized carbons (Fsp3) is 0.875. The van der Waals surface area contributed by atoms with E-state index in [1.807, 2.05) is 0 Å². The summed E-state index contributed by atoms with van der Waals surface area (Å²) in [6.07, 6.45) is 3.59. The number of rotatable bonds is 4. The van der Waals surface area contributed by atoms with Crippen LogP contribution in [0.25, 0.3) is 0 Å². The Kier molecular flexibility index (Phi) is 4.28. The summed E-state index contributed by atoms with van der Waals surface area (Å²) < 4.78 is 0.961. The summed E-state index contributed by atoms with van der Waals surface area (Å²) >= 11 is 2.28. The minimum atomic E-state index is -0.657. The predicted octanol–water partition coefficient (Wildman–Crippen LogP) is 1.61. The molecule has 0 heterocycles. The lowest BCUT2D eigenvalue weighted by atomic mass is 10.0. The molecule has 0 amide bonds. The fourth-order valence-electron chi connectivity index (χ4n) is 1.80. The van der Waals surface area contributed by atoms with Gasteiger partial charge in [-0.05, 0) is 25.2 Å². The highest BCUT2D eigenvalue weighted by Crippen LogP contribution is 2.28. The first-order chi connectivity index (χ1) is 5.72. The van der Waals surface area contributed by atoms with Crippen LogP contribution < -0.4 is 5.32 Å². The van der Waals surface area contributed by atoms with Crippen LogP contribution >= 0.6 is 22.6 Å². The van der Waals surface area contributed by atoms with E-state index in [4.69, 9.17) is 5.11 Å². The molecule has 2 atom stereocenters. The van der Waals surface area contributed by atoms with Gasteiger partial charge in [-0.1, -0.05) is 22.6 Å². The molecule has 0 aromatic heterocycles. The molecule has 0 aromatic carbocycles. The zero-order chi connectivity index (χ0) is 8.97. The Labute approximate surface area is 86.1 Å². The zero-order valence-electron chi connectivity index (χ0n) is 6.92. The second-order valence-corrected chi connectivity index (χ2v) is 4.07. The van der Waals surface area contributed by atoms with Crippen LogP contribution in [0.5, 0.6) is 0 Å². The van der Waals surface area contributed by atoms with Gasteiger partial charge in [-0.2, -0.15) is 0 Å². The van der Waals surface area contributed by atoms with Gasteiger partial charge in [0.05, 0.1) is 0 Å². The number of hydrogen-bond donors (Lipinski definition) is 2. The van der Waals surface area contributed by atoms with Crippen molar-refractivity contribution < 1.29 is 9.90 Å². The third-order valence-corrected chi connectivity index (χ3v) is 2.81. The van der Waals surface area contributed by atoms with Gasteiger partial charge < -0.3 is 10.4 Å². The van der Waals surface area contributed by atoms with E-state index in [0.717, 1.165) is 23.8 Å². The number of carboxylic acids is 1. The maximum absolute atomic E-state index is 10.4. The summed E-state index contributed by atoms with van der Waals surface area (Å²) in [7, 11) is 0. The van der Waals surface area contributed by atoms with E-state index in [1.165, 1.54) is 0 Å². The molecular weight excluding hydrogens is 269 g/mol. The largest absolute Gasteiger partial charge is 0.481 e. The molecule has 1 rings (SSSR count). The summed E-state index contributed by atoms with van der Waals surface area (Å²) in [5.74, 6) is -0.252. The van der Waals surface area contributed by atoms with Crippen LogP contribution in [-0.2, 0) is 4.79 Å². The van der Waals surface area contributed by atoms with Gasteiger partial charge in [-0.3, -0.25) is 4.79 Å². The third-order valence-electron chi connectivity index (χ3n) is 2.37. The minimum Gasteiger partial charge on any atom is -0.481 e. The van der Waals surface area contributed by atoms with Gasteiger partial charge in [0.25, 0.3) is 0 Å². The van der Waals surface area contributed by atoms with Crippen LogP contribution in [0, 0.1) is 5.92 Å². The first kappa shape index (κ1) is 10.2. The maximum Gasteiger partial charge on any atom is 0.303 e. The molecule has 12 heavy (non-hydrogen) atoms. The van der Waals surface area contributed by atoms with Crippen molar-refractivity contribution in [1.29, 1.82) is 0 Å². The van der Waals surface area contributed by atoms with Crippen LogP contribution in [0.3, 0.4) is 0 Å². The molecule has 1 aliphatic rings. The average Bonchev–Trinajstić information content (AvgIpc) is 2.36. The molecular formula is C8H14INO2. The van der Waals surface area contributed by atoms with Crippen LogP contribution in [0.15, 0.2) is 0 Å². The van der Waals surface area contributed by atoms with Gasteiger partial charge >= 0.3 is 5.97 Å². The highest BCUT2D eigenvalue weighted by Gasteiger charge is 2.25. The molecule has 0 saturated heterocycles. The number of aliphatic carboxylic acids is 1. The first-order valence-corrected chi connectivity index (χ1v) is 5.76. The molecule has 1 aliphatic carbocycles. The van der Waals surface area contributed by atoms with Crippen molar-refractivity contribution in [3.8, 4) is 0 Å². The number of nitrogens with one attached hydrogen (secondary N) is 1. The fourth-order valence-corrected chi connectivity index (χ4v) is 2.42. The van der Waals surface area contributed by atoms with Crippen molar-refractivity contribution in [3.63, 3.8) is 0 Å². The summed E-state index contributed by atoms with van der Waals surface area (Å²) in [5.41, 5.74) is 0. The van der Waals surface area contributed by atoms with Gasteiger partial charge in [-0.15, -0.1) is 0 Å². The van der Waals surface area contributed by atoms with Crippen molar-refractivity contribution >= 4 is 28.6 Å². The second kappa shape index (κ2) is 5.01. The Morgan fingerprint density at radius 3 is 2.92 bits per heavy atom. The van der Waals surface area contributed by atoms with Gasteiger partial charge in [0, 0.05) is 17.0 Å². The van der Waals surface area contributed by atoms with E-state index in [-0.39, 0.29) is 0 Å². The number of alkyl halides is 1. The third kappa shape index (κ3) is 3.26. The molecule has 1 saturated carbocycles. The SMILES string of the molecule is O=C(O)C[C@@H]1CC[C@H](NCI)C1. The Morgan fingerprint density at radius 2 is 2.33 bits per heavy atom. The lowest BCUT2D eigenvalue weighted by Gasteiger charge is -2.09. The molecule has 0 spiro atoms.